The molecule has 0 radical (unpaired) electrons. The molecule has 17 heavy (non-hydrogen) atoms. The van der Waals surface area contributed by atoms with Gasteiger partial charge in [-0.3, -0.25) is 0 Å². The van der Waals surface area contributed by atoms with Crippen LogP contribution in [0.1, 0.15) is 5.56 Å². The topological polar surface area (TPSA) is 0 Å². The Morgan fingerprint density at radius 2 is 1.65 bits per heavy atom. The predicted octanol–water partition coefficient (Wildman–Crippen LogP) is 3.75. The van der Waals surface area contributed by atoms with Gasteiger partial charge in [-0.1, -0.05) is 0 Å². The van der Waals surface area contributed by atoms with Crippen LogP contribution in [-0.4, -0.2) is 15.0 Å². The van der Waals surface area contributed by atoms with Crippen LogP contribution in [0.2, 0.25) is 5.32 Å². The SMILES string of the molecule is Ic1ccccc1/C=C/C[Se]c1ccccc1. The molecule has 2 aromatic rings. The van der Waals surface area contributed by atoms with Gasteiger partial charge in [-0.2, -0.15) is 0 Å². The normalized spacial score (nSPS) is 10.9. The van der Waals surface area contributed by atoms with E-state index in [2.05, 4.69) is 89.3 Å². The van der Waals surface area contributed by atoms with Crippen molar-refractivity contribution in [3.8, 4) is 0 Å². The van der Waals surface area contributed by atoms with Gasteiger partial charge < -0.3 is 0 Å². The first-order valence-corrected chi connectivity index (χ1v) is 8.60. The van der Waals surface area contributed by atoms with Gasteiger partial charge in [0.1, 0.15) is 0 Å². The third-order valence-electron chi connectivity index (χ3n) is 2.29. The minimum atomic E-state index is 0.554. The molecule has 0 nitrogen and oxygen atoms in total. The Bertz CT molecular complexity index is 491. The summed E-state index contributed by atoms with van der Waals surface area (Å²) < 4.78 is 2.78. The maximum absolute atomic E-state index is 2.38. The van der Waals surface area contributed by atoms with Crippen LogP contribution in [0.25, 0.3) is 6.08 Å². The van der Waals surface area contributed by atoms with Gasteiger partial charge >= 0.3 is 123 Å². The van der Waals surface area contributed by atoms with E-state index in [0.717, 1.165) is 5.32 Å². The van der Waals surface area contributed by atoms with Crippen LogP contribution in [-0.2, 0) is 0 Å². The second-order valence-corrected chi connectivity index (χ2v) is 7.00. The van der Waals surface area contributed by atoms with Crippen LogP contribution >= 0.6 is 22.6 Å². The number of rotatable bonds is 4. The molecule has 0 heterocycles. The van der Waals surface area contributed by atoms with Crippen molar-refractivity contribution in [1.29, 1.82) is 0 Å². The average Bonchev–Trinajstić information content (AvgIpc) is 2.38. The fraction of sp³-hybridized carbons (Fsp3) is 0.0667. The van der Waals surface area contributed by atoms with E-state index in [1.807, 2.05) is 0 Å². The quantitative estimate of drug-likeness (QED) is 0.543. The van der Waals surface area contributed by atoms with Crippen LogP contribution in [0.3, 0.4) is 0 Å². The molecular formula is C15H13ISe. The second-order valence-electron chi connectivity index (χ2n) is 3.55. The molecule has 2 heteroatoms. The predicted molar refractivity (Wildman–Crippen MR) is 84.8 cm³/mol. The van der Waals surface area contributed by atoms with E-state index in [1.54, 1.807) is 0 Å². The molecule has 0 fully saturated rings. The van der Waals surface area contributed by atoms with E-state index in [0.29, 0.717) is 15.0 Å². The fourth-order valence-corrected chi connectivity index (χ4v) is 3.55. The Balaban J connectivity index is 1.89. The van der Waals surface area contributed by atoms with Gasteiger partial charge in [0.2, 0.25) is 0 Å². The summed E-state index contributed by atoms with van der Waals surface area (Å²) in [4.78, 5) is 0. The van der Waals surface area contributed by atoms with E-state index in [1.165, 1.54) is 13.6 Å². The molecule has 0 saturated heterocycles. The van der Waals surface area contributed by atoms with Crippen LogP contribution in [0.5, 0.6) is 0 Å². The molecule has 0 aliphatic heterocycles. The van der Waals surface area contributed by atoms with Gasteiger partial charge in [0, 0.05) is 0 Å². The first kappa shape index (κ1) is 12.9. The summed E-state index contributed by atoms with van der Waals surface area (Å²) >= 11 is 2.93. The van der Waals surface area contributed by atoms with Crippen molar-refractivity contribution >= 4 is 48.1 Å². The first-order chi connectivity index (χ1) is 8.36. The molecule has 0 unspecified atom stereocenters. The monoisotopic (exact) mass is 400 g/mol. The molecule has 86 valence electrons. The van der Waals surface area contributed by atoms with Crippen molar-refractivity contribution in [2.45, 2.75) is 5.32 Å². The fourth-order valence-electron chi connectivity index (χ4n) is 1.45. The molecular weight excluding hydrogens is 386 g/mol. The third-order valence-corrected chi connectivity index (χ3v) is 5.30. The van der Waals surface area contributed by atoms with Crippen molar-refractivity contribution in [1.82, 2.24) is 0 Å². The third kappa shape index (κ3) is 4.30. The Morgan fingerprint density at radius 3 is 2.41 bits per heavy atom. The van der Waals surface area contributed by atoms with Crippen LogP contribution in [0, 0.1) is 3.57 Å². The summed E-state index contributed by atoms with van der Waals surface area (Å²) in [5.41, 5.74) is 1.32. The summed E-state index contributed by atoms with van der Waals surface area (Å²) in [6.07, 6.45) is 4.51. The van der Waals surface area contributed by atoms with E-state index < -0.39 is 0 Å². The molecule has 0 saturated carbocycles. The summed E-state index contributed by atoms with van der Waals surface area (Å²) in [5, 5.41) is 1.15. The van der Waals surface area contributed by atoms with E-state index in [9.17, 15) is 0 Å². The maximum atomic E-state index is 2.38. The molecule has 0 aromatic heterocycles. The van der Waals surface area contributed by atoms with Crippen LogP contribution < -0.4 is 4.46 Å². The average molecular weight is 399 g/mol. The molecule has 0 bridgehead atoms. The Labute approximate surface area is 122 Å². The molecule has 2 aromatic carbocycles. The van der Waals surface area contributed by atoms with Crippen LogP contribution in [0.4, 0.5) is 0 Å². The van der Waals surface area contributed by atoms with Gasteiger partial charge in [0.25, 0.3) is 0 Å². The number of halogens is 1. The van der Waals surface area contributed by atoms with E-state index in [-0.39, 0.29) is 0 Å². The van der Waals surface area contributed by atoms with Gasteiger partial charge in [0.05, 0.1) is 0 Å². The zero-order valence-corrected chi connectivity index (χ0v) is 13.2. The minimum absolute atomic E-state index is 0.554. The molecule has 0 N–H and O–H groups in total. The summed E-state index contributed by atoms with van der Waals surface area (Å²) in [6, 6.07) is 19.2. The second kappa shape index (κ2) is 7.00. The van der Waals surface area contributed by atoms with Crippen molar-refractivity contribution < 1.29 is 0 Å². The van der Waals surface area contributed by atoms with Gasteiger partial charge in [-0.25, -0.2) is 0 Å². The van der Waals surface area contributed by atoms with Crippen molar-refractivity contribution in [3.63, 3.8) is 0 Å². The van der Waals surface area contributed by atoms with Gasteiger partial charge in [-0.15, -0.1) is 0 Å². The molecule has 0 aliphatic rings. The molecule has 0 aliphatic carbocycles. The molecule has 0 spiro atoms. The number of hydrogen-bond donors (Lipinski definition) is 0. The number of hydrogen-bond acceptors (Lipinski definition) is 0. The molecule has 2 rings (SSSR count). The van der Waals surface area contributed by atoms with Gasteiger partial charge in [0.15, 0.2) is 0 Å². The zero-order valence-electron chi connectivity index (χ0n) is 9.34. The summed E-state index contributed by atoms with van der Waals surface area (Å²) in [5.74, 6) is 0. The van der Waals surface area contributed by atoms with E-state index >= 15 is 0 Å². The Morgan fingerprint density at radius 1 is 0.941 bits per heavy atom. The Hall–Kier alpha value is -0.571. The van der Waals surface area contributed by atoms with Crippen molar-refractivity contribution in [2.75, 3.05) is 0 Å². The van der Waals surface area contributed by atoms with Crippen molar-refractivity contribution in [3.05, 3.63) is 69.8 Å². The van der Waals surface area contributed by atoms with E-state index in [4.69, 9.17) is 0 Å². The first-order valence-electron chi connectivity index (χ1n) is 5.45. The summed E-state index contributed by atoms with van der Waals surface area (Å²) in [6.45, 7) is 0. The molecule has 0 atom stereocenters. The van der Waals surface area contributed by atoms with Gasteiger partial charge in [-0.05, 0) is 0 Å². The zero-order chi connectivity index (χ0) is 11.9. The van der Waals surface area contributed by atoms with Crippen molar-refractivity contribution in [2.24, 2.45) is 0 Å². The number of allylic oxidation sites excluding steroid dienone is 1. The summed E-state index contributed by atoms with van der Waals surface area (Å²) in [7, 11) is 0. The molecule has 0 amide bonds. The van der Waals surface area contributed by atoms with Crippen LogP contribution in [0.15, 0.2) is 60.7 Å². The standard InChI is InChI=1S/C15H13ISe/c16-15-11-5-4-7-13(15)8-6-12-17-14-9-2-1-3-10-14/h1-11H,12H2/b8-6+. The number of benzene rings is 2. The Kier molecular flexibility index (Phi) is 5.30.